The van der Waals surface area contributed by atoms with E-state index in [1.807, 2.05) is 24.1 Å². The number of carbonyl (C=O) groups is 2. The van der Waals surface area contributed by atoms with Crippen LogP contribution < -0.4 is 15.8 Å². The van der Waals surface area contributed by atoms with Crippen molar-refractivity contribution in [1.29, 1.82) is 0 Å². The van der Waals surface area contributed by atoms with Crippen LogP contribution in [0.3, 0.4) is 0 Å². The van der Waals surface area contributed by atoms with Gasteiger partial charge in [0.2, 0.25) is 11.3 Å². The van der Waals surface area contributed by atoms with Crippen LogP contribution in [0.25, 0.3) is 0 Å². The van der Waals surface area contributed by atoms with Crippen LogP contribution in [-0.2, 0) is 21.3 Å². The second kappa shape index (κ2) is 8.90. The van der Waals surface area contributed by atoms with E-state index in [0.717, 1.165) is 12.0 Å². The number of anilines is 1. The van der Waals surface area contributed by atoms with E-state index in [4.69, 9.17) is 10.5 Å². The number of ether oxygens (including phenoxy) is 1. The number of benzene rings is 2. The van der Waals surface area contributed by atoms with E-state index >= 15 is 0 Å². The zero-order valence-electron chi connectivity index (χ0n) is 23.6. The van der Waals surface area contributed by atoms with Gasteiger partial charge in [-0.05, 0) is 61.6 Å². The van der Waals surface area contributed by atoms with Crippen molar-refractivity contribution in [1.82, 2.24) is 19.5 Å². The van der Waals surface area contributed by atoms with Crippen LogP contribution in [0.2, 0.25) is 0 Å². The highest BCUT2D eigenvalue weighted by Crippen LogP contribution is 2.60. The first-order chi connectivity index (χ1) is 19.9. The number of nitrogen functional groups attached to an aromatic ring is 1. The molecule has 220 valence electrons. The third-order valence-electron chi connectivity index (χ3n) is 9.34. The Bertz CT molecular complexity index is 1780. The summed E-state index contributed by atoms with van der Waals surface area (Å²) in [4.78, 5) is 33.1. The Hall–Kier alpha value is -3.71. The normalized spacial score (nSPS) is 28.6. The highest BCUT2D eigenvalue weighted by molar-refractivity contribution is 7.89. The number of nitrogens with zero attached hydrogens (tertiary/aromatic N) is 2. The molecule has 2 fully saturated rings. The van der Waals surface area contributed by atoms with Gasteiger partial charge in [0.15, 0.2) is 0 Å². The summed E-state index contributed by atoms with van der Waals surface area (Å²) in [7, 11) is -1.96. The molecule has 1 saturated carbocycles. The number of aromatic nitrogens is 1. The van der Waals surface area contributed by atoms with E-state index in [1.165, 1.54) is 10.4 Å². The molecular weight excluding hydrogens is 558 g/mol. The molecule has 3 heterocycles. The number of rotatable bonds is 5. The fraction of sp³-hybridized carbons (Fsp3) is 0.400. The van der Waals surface area contributed by atoms with Crippen molar-refractivity contribution in [3.8, 4) is 5.75 Å². The number of H-pyrrole nitrogens is 1. The fourth-order valence-electron chi connectivity index (χ4n) is 6.71. The van der Waals surface area contributed by atoms with E-state index in [2.05, 4.69) is 17.2 Å². The van der Waals surface area contributed by atoms with E-state index in [1.54, 1.807) is 31.2 Å². The summed E-state index contributed by atoms with van der Waals surface area (Å²) in [6.07, 6.45) is 1.04. The lowest BCUT2D eigenvalue weighted by molar-refractivity contribution is -0.169. The van der Waals surface area contributed by atoms with Gasteiger partial charge in [0.25, 0.3) is 21.7 Å². The number of aliphatic hydroxyl groups is 1. The Balaban J connectivity index is 1.30. The number of likely N-dealkylation sites (N-methyl/N-ethyl adjacent to an activating group) is 1. The number of hydrogen-bond donors (Lipinski definition) is 4. The smallest absolute Gasteiger partial charge is 0.271 e. The van der Waals surface area contributed by atoms with Gasteiger partial charge in [0.05, 0.1) is 5.56 Å². The predicted octanol–water partition coefficient (Wildman–Crippen LogP) is 2.02. The van der Waals surface area contributed by atoms with Gasteiger partial charge in [-0.3, -0.25) is 9.59 Å². The minimum Gasteiger partial charge on any atom is -0.454 e. The van der Waals surface area contributed by atoms with Crippen LogP contribution in [0.1, 0.15) is 62.4 Å². The van der Waals surface area contributed by atoms with Gasteiger partial charge in [-0.15, -0.1) is 0 Å². The van der Waals surface area contributed by atoms with E-state index in [0.29, 0.717) is 54.9 Å². The number of Topliss-reactive ketones (excluding diaryl/α,β-unsaturated/α-hetero) is 1. The number of piperazine rings is 1. The molecule has 4 atom stereocenters. The Morgan fingerprint density at radius 3 is 2.55 bits per heavy atom. The van der Waals surface area contributed by atoms with Crippen LogP contribution in [0.5, 0.6) is 5.75 Å². The monoisotopic (exact) mass is 591 g/mol. The third kappa shape index (κ3) is 3.58. The number of nitrogens with one attached hydrogen (secondary N) is 2. The first kappa shape index (κ1) is 27.1. The lowest BCUT2D eigenvalue weighted by Gasteiger charge is -2.34. The summed E-state index contributed by atoms with van der Waals surface area (Å²) in [5, 5.41) is 14.9. The summed E-state index contributed by atoms with van der Waals surface area (Å²) in [5.41, 5.74) is 6.24. The average Bonchev–Trinajstić information content (AvgIpc) is 3.38. The van der Waals surface area contributed by atoms with Crippen molar-refractivity contribution in [2.45, 2.75) is 42.5 Å². The molecule has 3 aromatic rings. The highest BCUT2D eigenvalue weighted by atomic mass is 32.2. The molecule has 12 heteroatoms. The van der Waals surface area contributed by atoms with Crippen LogP contribution in [0.15, 0.2) is 47.5 Å². The number of carbonyl (C=O) groups excluding carboxylic acids is 2. The van der Waals surface area contributed by atoms with Gasteiger partial charge < -0.3 is 30.8 Å². The first-order valence-electron chi connectivity index (χ1n) is 14.1. The zero-order chi connectivity index (χ0) is 29.8. The molecule has 0 unspecified atom stereocenters. The molecule has 2 aliphatic heterocycles. The van der Waals surface area contributed by atoms with Gasteiger partial charge in [-0.2, -0.15) is 4.31 Å². The van der Waals surface area contributed by atoms with Crippen LogP contribution in [0, 0.1) is 12.8 Å². The Kier molecular flexibility index (Phi) is 5.75. The molecule has 0 radical (unpaired) electrons. The summed E-state index contributed by atoms with van der Waals surface area (Å²) in [5.74, 6) is -2.45. The molecule has 42 heavy (non-hydrogen) atoms. The predicted molar refractivity (Wildman–Crippen MR) is 154 cm³/mol. The topological polar surface area (TPSA) is 158 Å². The minimum atomic E-state index is -3.89. The number of aryl methyl sites for hydroxylation is 1. The number of aromatic amines is 1. The second-order valence-electron chi connectivity index (χ2n) is 12.0. The molecule has 1 aromatic heterocycles. The molecule has 5 N–H and O–H groups in total. The Morgan fingerprint density at radius 2 is 1.86 bits per heavy atom. The Labute approximate surface area is 243 Å². The number of ketones is 1. The molecule has 2 aliphatic carbocycles. The molecule has 1 amide bonds. The standard InChI is InChI=1S/C30H33N5O6S/c1-16-13-19(16)18-7-8-20-23(15-18)41-30(38)21-5-4-6-22(31)25(21)27(36)29(20,30)33-28(37)26-17(2)14-24(32-26)42(39,40)35-11-9-34(3)10-12-35/h4-8,14-16,19,32,38H,9-13,31H2,1-3H3,(H,33,37)/t16-,19-,29+,30+/m0/s1. The third-order valence-corrected chi connectivity index (χ3v) is 11.2. The van der Waals surface area contributed by atoms with E-state index < -0.39 is 33.0 Å². The lowest BCUT2D eigenvalue weighted by atomic mass is 9.82. The summed E-state index contributed by atoms with van der Waals surface area (Å²) in [6.45, 7) is 5.63. The number of fused-ring (bicyclic) bond motifs is 5. The number of hydrogen-bond acceptors (Lipinski definition) is 8. The quantitative estimate of drug-likeness (QED) is 0.328. The summed E-state index contributed by atoms with van der Waals surface area (Å²) in [6, 6.07) is 11.6. The van der Waals surface area contributed by atoms with Gasteiger partial charge in [-0.1, -0.05) is 31.2 Å². The molecule has 2 aromatic carbocycles. The average molecular weight is 592 g/mol. The van der Waals surface area contributed by atoms with Gasteiger partial charge >= 0.3 is 0 Å². The molecule has 1 saturated heterocycles. The summed E-state index contributed by atoms with van der Waals surface area (Å²) < 4.78 is 34.4. The largest absolute Gasteiger partial charge is 0.454 e. The molecule has 11 nitrogen and oxygen atoms in total. The van der Waals surface area contributed by atoms with Crippen molar-refractivity contribution >= 4 is 27.4 Å². The van der Waals surface area contributed by atoms with Crippen LogP contribution in [0.4, 0.5) is 5.69 Å². The van der Waals surface area contributed by atoms with Crippen molar-refractivity contribution in [2.24, 2.45) is 5.92 Å². The SMILES string of the molecule is Cc1cc(S(=O)(=O)N2CCN(C)CC2)[nH]c1C(=O)N[C@]12C(=O)c3c(N)cccc3[C@@]1(O)Oc1cc([C@H]3C[C@@H]3C)ccc12. The second-order valence-corrected chi connectivity index (χ2v) is 13.9. The first-order valence-corrected chi connectivity index (χ1v) is 15.5. The fourth-order valence-corrected chi connectivity index (χ4v) is 8.18. The van der Waals surface area contributed by atoms with Crippen molar-refractivity contribution in [3.05, 3.63) is 76.0 Å². The molecule has 0 spiro atoms. The number of nitrogens with two attached hydrogens (primary N) is 1. The van der Waals surface area contributed by atoms with Gasteiger partial charge in [0, 0.05) is 43.0 Å². The number of sulfonamides is 1. The van der Waals surface area contributed by atoms with Crippen molar-refractivity contribution in [2.75, 3.05) is 39.0 Å². The van der Waals surface area contributed by atoms with Gasteiger partial charge in [0.1, 0.15) is 16.5 Å². The van der Waals surface area contributed by atoms with Crippen LogP contribution >= 0.6 is 0 Å². The van der Waals surface area contributed by atoms with E-state index in [-0.39, 0.29) is 27.5 Å². The minimum absolute atomic E-state index is 0.0342. The molecule has 7 rings (SSSR count). The zero-order valence-corrected chi connectivity index (χ0v) is 24.4. The maximum Gasteiger partial charge on any atom is 0.271 e. The number of amides is 1. The van der Waals surface area contributed by atoms with E-state index in [9.17, 15) is 23.1 Å². The van der Waals surface area contributed by atoms with Gasteiger partial charge in [-0.25, -0.2) is 8.42 Å². The molecule has 0 bridgehead atoms. The highest BCUT2D eigenvalue weighted by Gasteiger charge is 2.72. The Morgan fingerprint density at radius 1 is 1.14 bits per heavy atom. The molecule has 4 aliphatic rings. The lowest BCUT2D eigenvalue weighted by Crippen LogP contribution is -2.60. The molecular formula is C30H33N5O6S. The van der Waals surface area contributed by atoms with Crippen LogP contribution in [-0.4, -0.2) is 72.6 Å². The summed E-state index contributed by atoms with van der Waals surface area (Å²) >= 11 is 0. The van der Waals surface area contributed by atoms with Crippen molar-refractivity contribution < 1.29 is 27.9 Å². The van der Waals surface area contributed by atoms with Crippen molar-refractivity contribution in [3.63, 3.8) is 0 Å². The maximum atomic E-state index is 14.3. The maximum absolute atomic E-state index is 14.3.